The molecule has 0 saturated carbocycles. The van der Waals surface area contributed by atoms with Crippen molar-refractivity contribution in [2.75, 3.05) is 24.3 Å². The van der Waals surface area contributed by atoms with E-state index in [1.807, 2.05) is 6.92 Å². The molecule has 1 aromatic carbocycles. The van der Waals surface area contributed by atoms with Gasteiger partial charge in [-0.3, -0.25) is 4.79 Å². The Kier molecular flexibility index (Phi) is 4.72. The number of ether oxygens (including phenoxy) is 1. The maximum absolute atomic E-state index is 12.9. The lowest BCUT2D eigenvalue weighted by atomic mass is 10.2. The topological polar surface area (TPSA) is 64.3 Å². The Morgan fingerprint density at radius 1 is 1.50 bits per heavy atom. The summed E-state index contributed by atoms with van der Waals surface area (Å²) in [5.41, 5.74) is 6.04. The molecule has 0 atom stereocenters. The standard InChI is InChI=1S/C11H15FN2O2/c1-2-3-16-7-11(15)14-10-5-8(12)4-9(13)6-10/h4-6H,2-3,7,13H2,1H3,(H,14,15). The molecule has 88 valence electrons. The zero-order chi connectivity index (χ0) is 12.0. The van der Waals surface area contributed by atoms with Crippen LogP contribution in [0.5, 0.6) is 0 Å². The van der Waals surface area contributed by atoms with Gasteiger partial charge in [-0.15, -0.1) is 0 Å². The highest BCUT2D eigenvalue weighted by molar-refractivity contribution is 5.92. The van der Waals surface area contributed by atoms with E-state index in [1.165, 1.54) is 18.2 Å². The molecule has 0 fully saturated rings. The van der Waals surface area contributed by atoms with Crippen molar-refractivity contribution in [3.63, 3.8) is 0 Å². The van der Waals surface area contributed by atoms with Crippen LogP contribution in [0.25, 0.3) is 0 Å². The quantitative estimate of drug-likeness (QED) is 0.594. The lowest BCUT2D eigenvalue weighted by Gasteiger charge is -2.06. The van der Waals surface area contributed by atoms with Gasteiger partial charge in [-0.2, -0.15) is 0 Å². The van der Waals surface area contributed by atoms with Crippen LogP contribution in [0.2, 0.25) is 0 Å². The van der Waals surface area contributed by atoms with E-state index in [1.54, 1.807) is 0 Å². The number of rotatable bonds is 5. The highest BCUT2D eigenvalue weighted by Gasteiger charge is 2.04. The molecule has 0 aliphatic carbocycles. The molecule has 0 unspecified atom stereocenters. The molecular weight excluding hydrogens is 211 g/mol. The van der Waals surface area contributed by atoms with Crippen LogP contribution in [-0.4, -0.2) is 19.1 Å². The monoisotopic (exact) mass is 226 g/mol. The van der Waals surface area contributed by atoms with E-state index >= 15 is 0 Å². The summed E-state index contributed by atoms with van der Waals surface area (Å²) in [7, 11) is 0. The Morgan fingerprint density at radius 3 is 2.88 bits per heavy atom. The number of hydrogen-bond acceptors (Lipinski definition) is 3. The SMILES string of the molecule is CCCOCC(=O)Nc1cc(N)cc(F)c1. The summed E-state index contributed by atoms with van der Waals surface area (Å²) in [6.45, 7) is 2.44. The molecule has 0 bridgehead atoms. The minimum atomic E-state index is -0.482. The number of carbonyl (C=O) groups is 1. The summed E-state index contributed by atoms with van der Waals surface area (Å²) in [4.78, 5) is 11.3. The van der Waals surface area contributed by atoms with Crippen molar-refractivity contribution in [2.24, 2.45) is 0 Å². The summed E-state index contributed by atoms with van der Waals surface area (Å²) < 4.78 is 18.0. The van der Waals surface area contributed by atoms with Gasteiger partial charge in [0.25, 0.3) is 0 Å². The smallest absolute Gasteiger partial charge is 0.250 e. The van der Waals surface area contributed by atoms with E-state index in [0.717, 1.165) is 6.42 Å². The van der Waals surface area contributed by atoms with E-state index in [-0.39, 0.29) is 18.2 Å². The number of nitrogen functional groups attached to an aromatic ring is 1. The Morgan fingerprint density at radius 2 is 2.25 bits per heavy atom. The van der Waals surface area contributed by atoms with Gasteiger partial charge in [0.15, 0.2) is 0 Å². The fraction of sp³-hybridized carbons (Fsp3) is 0.364. The molecule has 0 heterocycles. The van der Waals surface area contributed by atoms with Crippen LogP contribution in [0.15, 0.2) is 18.2 Å². The first kappa shape index (κ1) is 12.4. The van der Waals surface area contributed by atoms with Gasteiger partial charge in [-0.05, 0) is 24.6 Å². The predicted octanol–water partition coefficient (Wildman–Crippen LogP) is 1.77. The van der Waals surface area contributed by atoms with E-state index in [4.69, 9.17) is 10.5 Å². The number of nitrogens with one attached hydrogen (secondary N) is 1. The third-order valence-corrected chi connectivity index (χ3v) is 1.79. The molecule has 0 aliphatic heterocycles. The van der Waals surface area contributed by atoms with Crippen LogP contribution >= 0.6 is 0 Å². The second-order valence-corrected chi connectivity index (χ2v) is 3.37. The van der Waals surface area contributed by atoms with Crippen molar-refractivity contribution in [1.29, 1.82) is 0 Å². The summed E-state index contributed by atoms with van der Waals surface area (Å²) in [5.74, 6) is -0.803. The molecule has 3 N–H and O–H groups in total. The first-order valence-corrected chi connectivity index (χ1v) is 5.05. The molecule has 0 aromatic heterocycles. The van der Waals surface area contributed by atoms with Gasteiger partial charge >= 0.3 is 0 Å². The Hall–Kier alpha value is -1.62. The highest BCUT2D eigenvalue weighted by Crippen LogP contribution is 2.15. The fourth-order valence-electron chi connectivity index (χ4n) is 1.19. The zero-order valence-corrected chi connectivity index (χ0v) is 9.13. The van der Waals surface area contributed by atoms with Gasteiger partial charge in [0.05, 0.1) is 0 Å². The van der Waals surface area contributed by atoms with E-state index in [9.17, 15) is 9.18 Å². The molecule has 16 heavy (non-hydrogen) atoms. The minimum Gasteiger partial charge on any atom is -0.399 e. The Labute approximate surface area is 93.6 Å². The summed E-state index contributed by atoms with van der Waals surface area (Å²) in [5, 5.41) is 2.50. The van der Waals surface area contributed by atoms with Crippen LogP contribution in [0, 0.1) is 5.82 Å². The maximum Gasteiger partial charge on any atom is 0.250 e. The van der Waals surface area contributed by atoms with Gasteiger partial charge in [0, 0.05) is 18.0 Å². The number of nitrogens with two attached hydrogens (primary N) is 1. The van der Waals surface area contributed by atoms with Crippen LogP contribution in [0.4, 0.5) is 15.8 Å². The largest absolute Gasteiger partial charge is 0.399 e. The number of halogens is 1. The molecule has 0 saturated heterocycles. The first-order valence-electron chi connectivity index (χ1n) is 5.05. The van der Waals surface area contributed by atoms with E-state index < -0.39 is 5.82 Å². The van der Waals surface area contributed by atoms with Crippen LogP contribution in [0.3, 0.4) is 0 Å². The van der Waals surface area contributed by atoms with Crippen molar-refractivity contribution < 1.29 is 13.9 Å². The van der Waals surface area contributed by atoms with Crippen molar-refractivity contribution in [1.82, 2.24) is 0 Å². The lowest BCUT2D eigenvalue weighted by Crippen LogP contribution is -2.18. The summed E-state index contributed by atoms with van der Waals surface area (Å²) in [6, 6.07) is 3.87. The average Bonchev–Trinajstić information content (AvgIpc) is 2.16. The Balaban J connectivity index is 2.49. The molecule has 0 aliphatic rings. The van der Waals surface area contributed by atoms with E-state index in [0.29, 0.717) is 12.3 Å². The first-order chi connectivity index (χ1) is 7.61. The fourth-order valence-corrected chi connectivity index (χ4v) is 1.19. The van der Waals surface area contributed by atoms with Gasteiger partial charge in [-0.1, -0.05) is 6.92 Å². The van der Waals surface area contributed by atoms with Crippen LogP contribution in [-0.2, 0) is 9.53 Å². The molecule has 0 radical (unpaired) electrons. The highest BCUT2D eigenvalue weighted by atomic mass is 19.1. The van der Waals surface area contributed by atoms with Crippen molar-refractivity contribution in [3.8, 4) is 0 Å². The number of anilines is 2. The molecule has 1 aromatic rings. The number of amides is 1. The molecule has 1 amide bonds. The summed E-state index contributed by atoms with van der Waals surface area (Å²) >= 11 is 0. The van der Waals surface area contributed by atoms with Gasteiger partial charge in [-0.25, -0.2) is 4.39 Å². The summed E-state index contributed by atoms with van der Waals surface area (Å²) in [6.07, 6.45) is 0.847. The van der Waals surface area contributed by atoms with Gasteiger partial charge in [0.1, 0.15) is 12.4 Å². The molecular formula is C11H15FN2O2. The maximum atomic E-state index is 12.9. The second kappa shape index (κ2) is 6.07. The minimum absolute atomic E-state index is 0.0374. The average molecular weight is 226 g/mol. The Bertz CT molecular complexity index is 349. The second-order valence-electron chi connectivity index (χ2n) is 3.37. The van der Waals surface area contributed by atoms with Crippen LogP contribution < -0.4 is 11.1 Å². The third-order valence-electron chi connectivity index (χ3n) is 1.79. The molecule has 4 nitrogen and oxygen atoms in total. The zero-order valence-electron chi connectivity index (χ0n) is 9.13. The molecule has 5 heteroatoms. The number of carbonyl (C=O) groups excluding carboxylic acids is 1. The lowest BCUT2D eigenvalue weighted by molar-refractivity contribution is -0.120. The molecule has 1 rings (SSSR count). The number of hydrogen-bond donors (Lipinski definition) is 2. The van der Waals surface area contributed by atoms with E-state index in [2.05, 4.69) is 5.32 Å². The third kappa shape index (κ3) is 4.27. The number of benzene rings is 1. The molecule has 0 spiro atoms. The van der Waals surface area contributed by atoms with Crippen molar-refractivity contribution in [3.05, 3.63) is 24.0 Å². The predicted molar refractivity (Wildman–Crippen MR) is 60.6 cm³/mol. The van der Waals surface area contributed by atoms with Gasteiger partial charge in [0.2, 0.25) is 5.91 Å². The van der Waals surface area contributed by atoms with Crippen molar-refractivity contribution in [2.45, 2.75) is 13.3 Å². The normalized spacial score (nSPS) is 10.1. The van der Waals surface area contributed by atoms with Crippen molar-refractivity contribution >= 4 is 17.3 Å². The van der Waals surface area contributed by atoms with Crippen LogP contribution in [0.1, 0.15) is 13.3 Å². The van der Waals surface area contributed by atoms with Gasteiger partial charge < -0.3 is 15.8 Å².